The molecule has 2 aromatic carbocycles. The van der Waals surface area contributed by atoms with E-state index in [-0.39, 0.29) is 6.61 Å². The molecule has 0 atom stereocenters. The minimum absolute atomic E-state index is 0.163. The number of fused-ring (bicyclic) bond motifs is 2. The molecular weight excluding hydrogens is 298 g/mol. The van der Waals surface area contributed by atoms with Crippen LogP contribution in [0.1, 0.15) is 28.7 Å². The molecule has 1 heterocycles. The van der Waals surface area contributed by atoms with Gasteiger partial charge >= 0.3 is 0 Å². The molecule has 0 unspecified atom stereocenters. The summed E-state index contributed by atoms with van der Waals surface area (Å²) >= 11 is 0. The van der Waals surface area contributed by atoms with E-state index in [9.17, 15) is 5.11 Å². The van der Waals surface area contributed by atoms with Gasteiger partial charge in [0.25, 0.3) is 0 Å². The lowest BCUT2D eigenvalue weighted by molar-refractivity contribution is 0.298. The van der Waals surface area contributed by atoms with Crippen LogP contribution in [-0.4, -0.2) is 37.3 Å². The van der Waals surface area contributed by atoms with Crippen LogP contribution in [0, 0.1) is 0 Å². The predicted octanol–water partition coefficient (Wildman–Crippen LogP) is 3.50. The first kappa shape index (κ1) is 16.7. The molecule has 0 aromatic heterocycles. The number of hydrogen-bond acceptors (Lipinski definition) is 3. The molecule has 0 bridgehead atoms. The van der Waals surface area contributed by atoms with Crippen LogP contribution in [0.5, 0.6) is 5.75 Å². The van der Waals surface area contributed by atoms with Gasteiger partial charge in [-0.25, -0.2) is 0 Å². The van der Waals surface area contributed by atoms with E-state index in [0.29, 0.717) is 13.0 Å². The average Bonchev–Trinajstić information content (AvgIpc) is 2.72. The minimum atomic E-state index is 0.163. The number of aliphatic hydroxyl groups is 1. The third kappa shape index (κ3) is 3.69. The van der Waals surface area contributed by atoms with E-state index >= 15 is 0 Å². The molecule has 0 aliphatic carbocycles. The Morgan fingerprint density at radius 1 is 1.12 bits per heavy atom. The molecule has 0 amide bonds. The van der Waals surface area contributed by atoms with Gasteiger partial charge in [0.2, 0.25) is 0 Å². The van der Waals surface area contributed by atoms with Crippen molar-refractivity contribution in [1.82, 2.24) is 4.90 Å². The van der Waals surface area contributed by atoms with Crippen molar-refractivity contribution < 1.29 is 9.84 Å². The Hall–Kier alpha value is -2.10. The van der Waals surface area contributed by atoms with Crippen molar-refractivity contribution in [3.8, 4) is 5.75 Å². The first-order valence-corrected chi connectivity index (χ1v) is 8.49. The Morgan fingerprint density at radius 3 is 2.75 bits per heavy atom. The summed E-state index contributed by atoms with van der Waals surface area (Å²) < 4.78 is 6.05. The minimum Gasteiger partial charge on any atom is -0.488 e. The van der Waals surface area contributed by atoms with E-state index < -0.39 is 0 Å². The second-order valence-electron chi connectivity index (χ2n) is 6.46. The second-order valence-corrected chi connectivity index (χ2v) is 6.46. The summed E-state index contributed by atoms with van der Waals surface area (Å²) in [5.41, 5.74) is 5.96. The molecule has 1 aliphatic heterocycles. The first-order valence-electron chi connectivity index (χ1n) is 8.49. The van der Waals surface area contributed by atoms with Crippen molar-refractivity contribution in [1.29, 1.82) is 0 Å². The first-order chi connectivity index (χ1) is 11.7. The highest BCUT2D eigenvalue weighted by Crippen LogP contribution is 2.37. The van der Waals surface area contributed by atoms with E-state index in [1.807, 2.05) is 12.1 Å². The van der Waals surface area contributed by atoms with Gasteiger partial charge in [0.05, 0.1) is 0 Å². The lowest BCUT2D eigenvalue weighted by atomic mass is 9.92. The van der Waals surface area contributed by atoms with E-state index in [0.717, 1.165) is 29.8 Å². The molecule has 0 fully saturated rings. The smallest absolute Gasteiger partial charge is 0.127 e. The van der Waals surface area contributed by atoms with Crippen molar-refractivity contribution in [2.75, 3.05) is 27.2 Å². The van der Waals surface area contributed by atoms with E-state index in [1.54, 1.807) is 0 Å². The van der Waals surface area contributed by atoms with Crippen molar-refractivity contribution in [3.63, 3.8) is 0 Å². The fourth-order valence-corrected chi connectivity index (χ4v) is 3.09. The molecule has 1 aliphatic rings. The molecule has 0 radical (unpaired) electrons. The number of nitrogens with zero attached hydrogens (tertiary/aromatic N) is 1. The van der Waals surface area contributed by atoms with E-state index in [2.05, 4.69) is 55.4 Å². The molecule has 3 heteroatoms. The summed E-state index contributed by atoms with van der Waals surface area (Å²) in [7, 11) is 4.19. The van der Waals surface area contributed by atoms with E-state index in [1.165, 1.54) is 16.7 Å². The van der Waals surface area contributed by atoms with Gasteiger partial charge in [0.1, 0.15) is 12.4 Å². The van der Waals surface area contributed by atoms with Gasteiger partial charge in [-0.3, -0.25) is 0 Å². The number of aliphatic hydroxyl groups excluding tert-OH is 1. The third-order valence-electron chi connectivity index (χ3n) is 4.35. The van der Waals surface area contributed by atoms with Gasteiger partial charge in [-0.15, -0.1) is 0 Å². The number of ether oxygens (including phenoxy) is 1. The molecule has 2 aromatic rings. The molecule has 24 heavy (non-hydrogen) atoms. The van der Waals surface area contributed by atoms with Crippen LogP contribution >= 0.6 is 0 Å². The van der Waals surface area contributed by atoms with Crippen LogP contribution < -0.4 is 4.74 Å². The van der Waals surface area contributed by atoms with Gasteiger partial charge in [-0.05, 0) is 61.3 Å². The summed E-state index contributed by atoms with van der Waals surface area (Å²) in [6, 6.07) is 14.7. The quantitative estimate of drug-likeness (QED) is 0.914. The van der Waals surface area contributed by atoms with Crippen LogP contribution in [0.2, 0.25) is 0 Å². The largest absolute Gasteiger partial charge is 0.488 e. The molecular formula is C21H25NO2. The van der Waals surface area contributed by atoms with Gasteiger partial charge in [0.15, 0.2) is 0 Å². The second kappa shape index (κ2) is 7.65. The standard InChI is InChI=1S/C21H25NO2/c1-22(2)12-5-8-19-18-7-4-3-6-17(18)15-24-21-10-9-16(11-13-23)14-20(19)21/h3-4,6-10,14,23H,5,11-13,15H2,1-2H3/b19-8+. The zero-order chi connectivity index (χ0) is 16.9. The highest BCUT2D eigenvalue weighted by Gasteiger charge is 2.19. The maximum atomic E-state index is 9.25. The van der Waals surface area contributed by atoms with Gasteiger partial charge in [0, 0.05) is 18.7 Å². The number of hydrogen-bond donors (Lipinski definition) is 1. The summed E-state index contributed by atoms with van der Waals surface area (Å²) in [6.07, 6.45) is 3.97. The Morgan fingerprint density at radius 2 is 1.96 bits per heavy atom. The van der Waals surface area contributed by atoms with Crippen LogP contribution in [-0.2, 0) is 13.0 Å². The van der Waals surface area contributed by atoms with Gasteiger partial charge in [-0.1, -0.05) is 36.4 Å². The molecule has 126 valence electrons. The monoisotopic (exact) mass is 323 g/mol. The zero-order valence-electron chi connectivity index (χ0n) is 14.5. The van der Waals surface area contributed by atoms with E-state index in [4.69, 9.17) is 4.74 Å². The highest BCUT2D eigenvalue weighted by molar-refractivity contribution is 5.85. The summed E-state index contributed by atoms with van der Waals surface area (Å²) in [4.78, 5) is 2.19. The molecule has 0 saturated carbocycles. The number of benzene rings is 2. The maximum Gasteiger partial charge on any atom is 0.127 e. The van der Waals surface area contributed by atoms with Crippen molar-refractivity contribution in [2.24, 2.45) is 0 Å². The lowest BCUT2D eigenvalue weighted by Gasteiger charge is -2.13. The molecule has 0 saturated heterocycles. The Bertz CT molecular complexity index is 734. The molecule has 3 nitrogen and oxygen atoms in total. The SMILES string of the molecule is CN(C)CC/C=C1\c2ccccc2COc2ccc(CCO)cc21. The molecule has 1 N–H and O–H groups in total. The van der Waals surface area contributed by atoms with Gasteiger partial charge < -0.3 is 14.7 Å². The predicted molar refractivity (Wildman–Crippen MR) is 98.3 cm³/mol. The van der Waals surface area contributed by atoms with Crippen molar-refractivity contribution >= 4 is 5.57 Å². The van der Waals surface area contributed by atoms with Crippen molar-refractivity contribution in [2.45, 2.75) is 19.4 Å². The topological polar surface area (TPSA) is 32.7 Å². The maximum absolute atomic E-state index is 9.25. The summed E-state index contributed by atoms with van der Waals surface area (Å²) in [5, 5.41) is 9.25. The summed E-state index contributed by atoms with van der Waals surface area (Å²) in [5.74, 6) is 0.920. The fraction of sp³-hybridized carbons (Fsp3) is 0.333. The third-order valence-corrected chi connectivity index (χ3v) is 4.35. The molecule has 3 rings (SSSR count). The zero-order valence-corrected chi connectivity index (χ0v) is 14.5. The van der Waals surface area contributed by atoms with Crippen LogP contribution in [0.15, 0.2) is 48.5 Å². The highest BCUT2D eigenvalue weighted by atomic mass is 16.5. The number of rotatable bonds is 5. The van der Waals surface area contributed by atoms with Crippen LogP contribution in [0.4, 0.5) is 0 Å². The normalized spacial score (nSPS) is 14.9. The van der Waals surface area contributed by atoms with Gasteiger partial charge in [-0.2, -0.15) is 0 Å². The van der Waals surface area contributed by atoms with Crippen LogP contribution in [0.3, 0.4) is 0 Å². The summed E-state index contributed by atoms with van der Waals surface area (Å²) in [6.45, 7) is 1.77. The average molecular weight is 323 g/mol. The Labute approximate surface area is 144 Å². The lowest BCUT2D eigenvalue weighted by Crippen LogP contribution is -2.12. The van der Waals surface area contributed by atoms with Crippen LogP contribution in [0.25, 0.3) is 5.57 Å². The fourth-order valence-electron chi connectivity index (χ4n) is 3.09. The Balaban J connectivity index is 2.07. The molecule has 0 spiro atoms. The van der Waals surface area contributed by atoms with Crippen molar-refractivity contribution in [3.05, 3.63) is 70.8 Å². The Kier molecular flexibility index (Phi) is 5.34.